The third kappa shape index (κ3) is 5.81. The van der Waals surface area contributed by atoms with E-state index in [0.717, 1.165) is 56.4 Å². The zero-order chi connectivity index (χ0) is 28.7. The van der Waals surface area contributed by atoms with Crippen LogP contribution in [0, 0.1) is 0 Å². The Kier molecular flexibility index (Phi) is 8.09. The van der Waals surface area contributed by atoms with Gasteiger partial charge in [0.25, 0.3) is 0 Å². The van der Waals surface area contributed by atoms with Crippen LogP contribution in [0.4, 0.5) is 34.1 Å². The number of aliphatic hydroxyl groups excluding tert-OH is 2. The molecule has 42 heavy (non-hydrogen) atoms. The van der Waals surface area contributed by atoms with E-state index in [1.54, 1.807) is 0 Å². The average Bonchev–Trinajstić information content (AvgIpc) is 3.07. The van der Waals surface area contributed by atoms with Crippen molar-refractivity contribution in [2.75, 3.05) is 9.80 Å². The smallest absolute Gasteiger partial charge is 0.0682 e. The summed E-state index contributed by atoms with van der Waals surface area (Å²) in [5, 5.41) is 19.4. The second-order valence-electron chi connectivity index (χ2n) is 10.1. The molecule has 0 aliphatic heterocycles. The van der Waals surface area contributed by atoms with Gasteiger partial charge in [0.15, 0.2) is 0 Å². The minimum absolute atomic E-state index is 0.0000261. The first-order valence-electron chi connectivity index (χ1n) is 14.0. The van der Waals surface area contributed by atoms with Crippen molar-refractivity contribution in [2.24, 2.45) is 0 Å². The molecule has 0 amide bonds. The van der Waals surface area contributed by atoms with Crippen LogP contribution in [0.5, 0.6) is 0 Å². The summed E-state index contributed by atoms with van der Waals surface area (Å²) >= 11 is 0. The van der Waals surface area contributed by atoms with E-state index in [-0.39, 0.29) is 13.2 Å². The molecule has 0 radical (unpaired) electrons. The van der Waals surface area contributed by atoms with E-state index in [2.05, 4.69) is 94.7 Å². The van der Waals surface area contributed by atoms with E-state index in [9.17, 15) is 10.2 Å². The van der Waals surface area contributed by atoms with Crippen molar-refractivity contribution in [2.45, 2.75) is 13.2 Å². The van der Waals surface area contributed by atoms with Crippen LogP contribution < -0.4 is 9.80 Å². The molecule has 0 fully saturated rings. The third-order valence-corrected chi connectivity index (χ3v) is 7.32. The predicted octanol–water partition coefficient (Wildman–Crippen LogP) is 9.28. The fourth-order valence-corrected chi connectivity index (χ4v) is 5.24. The van der Waals surface area contributed by atoms with Gasteiger partial charge in [-0.25, -0.2) is 0 Å². The van der Waals surface area contributed by atoms with Crippen molar-refractivity contribution < 1.29 is 10.2 Å². The highest BCUT2D eigenvalue weighted by molar-refractivity contribution is 5.80. The molecule has 6 aromatic rings. The fourth-order valence-electron chi connectivity index (χ4n) is 5.24. The lowest BCUT2D eigenvalue weighted by Gasteiger charge is -2.26. The highest BCUT2D eigenvalue weighted by Gasteiger charge is 2.15. The van der Waals surface area contributed by atoms with Crippen LogP contribution in [0.2, 0.25) is 0 Å². The summed E-state index contributed by atoms with van der Waals surface area (Å²) in [5.74, 6) is 0. The van der Waals surface area contributed by atoms with Crippen LogP contribution in [-0.2, 0) is 13.2 Å². The third-order valence-electron chi connectivity index (χ3n) is 7.32. The lowest BCUT2D eigenvalue weighted by molar-refractivity contribution is 0.281. The zero-order valence-corrected chi connectivity index (χ0v) is 23.2. The van der Waals surface area contributed by atoms with Gasteiger partial charge in [-0.05, 0) is 95.1 Å². The molecular formula is C38H32N2O2. The molecule has 0 aliphatic carbocycles. The van der Waals surface area contributed by atoms with E-state index >= 15 is 0 Å². The largest absolute Gasteiger partial charge is 0.392 e. The Labute approximate surface area is 247 Å². The Balaban J connectivity index is 1.32. The van der Waals surface area contributed by atoms with E-state index in [1.165, 1.54) is 0 Å². The summed E-state index contributed by atoms with van der Waals surface area (Å²) in [7, 11) is 0. The molecule has 0 heterocycles. The van der Waals surface area contributed by atoms with Crippen LogP contribution in [0.25, 0.3) is 11.1 Å². The van der Waals surface area contributed by atoms with Crippen molar-refractivity contribution in [3.63, 3.8) is 0 Å². The predicted molar refractivity (Wildman–Crippen MR) is 173 cm³/mol. The highest BCUT2D eigenvalue weighted by atomic mass is 16.3. The van der Waals surface area contributed by atoms with E-state index < -0.39 is 0 Å². The standard InChI is InChI=1S/C38H32N2O2/c41-27-29-9-7-15-37(25-29)39(33-11-3-1-4-12-33)35-21-17-31(18-22-35)32-19-23-36(24-20-32)40(34-13-5-2-6-14-34)38-16-8-10-30(26-38)28-42/h1-26,41-42H,27-28H2. The molecule has 2 N–H and O–H groups in total. The maximum Gasteiger partial charge on any atom is 0.0682 e. The molecule has 0 aliphatic rings. The van der Waals surface area contributed by atoms with E-state index in [4.69, 9.17) is 0 Å². The van der Waals surface area contributed by atoms with Crippen LogP contribution in [0.1, 0.15) is 11.1 Å². The number of hydrogen-bond acceptors (Lipinski definition) is 4. The highest BCUT2D eigenvalue weighted by Crippen LogP contribution is 2.38. The lowest BCUT2D eigenvalue weighted by atomic mass is 10.0. The molecule has 206 valence electrons. The first kappa shape index (κ1) is 27.0. The summed E-state index contributed by atoms with van der Waals surface area (Å²) < 4.78 is 0. The van der Waals surface area contributed by atoms with Gasteiger partial charge in [-0.15, -0.1) is 0 Å². The number of hydrogen-bond donors (Lipinski definition) is 2. The van der Waals surface area contributed by atoms with Gasteiger partial charge in [-0.3, -0.25) is 0 Å². The summed E-state index contributed by atoms with van der Waals surface area (Å²) in [6.07, 6.45) is 0. The fraction of sp³-hybridized carbons (Fsp3) is 0.0526. The van der Waals surface area contributed by atoms with Crippen LogP contribution in [-0.4, -0.2) is 10.2 Å². The molecule has 4 nitrogen and oxygen atoms in total. The Morgan fingerprint density at radius 1 is 0.333 bits per heavy atom. The molecule has 4 heteroatoms. The second-order valence-corrected chi connectivity index (χ2v) is 10.1. The maximum atomic E-state index is 9.72. The van der Waals surface area contributed by atoms with Gasteiger partial charge >= 0.3 is 0 Å². The average molecular weight is 549 g/mol. The summed E-state index contributed by atoms with van der Waals surface area (Å²) in [6, 6.07) is 53.7. The number of nitrogens with zero attached hydrogens (tertiary/aromatic N) is 2. The number of rotatable bonds is 9. The molecule has 0 atom stereocenters. The SMILES string of the molecule is OCc1cccc(N(c2ccccc2)c2ccc(-c3ccc(N(c4ccccc4)c4cccc(CO)c4)cc3)cc2)c1. The minimum Gasteiger partial charge on any atom is -0.392 e. The summed E-state index contributed by atoms with van der Waals surface area (Å²) in [4.78, 5) is 4.40. The normalized spacial score (nSPS) is 10.8. The van der Waals surface area contributed by atoms with Crippen LogP contribution in [0.15, 0.2) is 158 Å². The second kappa shape index (κ2) is 12.6. The molecule has 6 rings (SSSR count). The lowest BCUT2D eigenvalue weighted by Crippen LogP contribution is -2.10. The van der Waals surface area contributed by atoms with Gasteiger partial charge in [0.1, 0.15) is 0 Å². The number of aliphatic hydroxyl groups is 2. The van der Waals surface area contributed by atoms with Gasteiger partial charge in [-0.2, -0.15) is 0 Å². The zero-order valence-electron chi connectivity index (χ0n) is 23.2. The number of para-hydroxylation sites is 2. The Morgan fingerprint density at radius 2 is 0.667 bits per heavy atom. The van der Waals surface area contributed by atoms with Crippen molar-refractivity contribution in [3.05, 3.63) is 169 Å². The van der Waals surface area contributed by atoms with Gasteiger partial charge < -0.3 is 20.0 Å². The van der Waals surface area contributed by atoms with Gasteiger partial charge in [0, 0.05) is 34.1 Å². The first-order chi connectivity index (χ1) is 20.7. The van der Waals surface area contributed by atoms with Crippen LogP contribution >= 0.6 is 0 Å². The summed E-state index contributed by atoms with van der Waals surface area (Å²) in [6.45, 7) is -0.0000521. The monoisotopic (exact) mass is 548 g/mol. The van der Waals surface area contributed by atoms with Crippen molar-refractivity contribution >= 4 is 34.1 Å². The van der Waals surface area contributed by atoms with Crippen molar-refractivity contribution in [1.29, 1.82) is 0 Å². The Hall–Kier alpha value is -5.16. The molecule has 0 saturated carbocycles. The topological polar surface area (TPSA) is 46.9 Å². The Bertz CT molecular complexity index is 1600. The maximum absolute atomic E-state index is 9.72. The summed E-state index contributed by atoms with van der Waals surface area (Å²) in [5.41, 5.74) is 10.2. The van der Waals surface area contributed by atoms with Gasteiger partial charge in [0.2, 0.25) is 0 Å². The van der Waals surface area contributed by atoms with E-state index in [0.29, 0.717) is 0 Å². The quantitative estimate of drug-likeness (QED) is 0.189. The van der Waals surface area contributed by atoms with Crippen molar-refractivity contribution in [3.8, 4) is 11.1 Å². The molecule has 0 saturated heterocycles. The van der Waals surface area contributed by atoms with Crippen LogP contribution in [0.3, 0.4) is 0 Å². The first-order valence-corrected chi connectivity index (χ1v) is 14.0. The van der Waals surface area contributed by atoms with E-state index in [1.807, 2.05) is 72.8 Å². The van der Waals surface area contributed by atoms with Gasteiger partial charge in [-0.1, -0.05) is 84.9 Å². The molecule has 0 spiro atoms. The molecular weight excluding hydrogens is 516 g/mol. The van der Waals surface area contributed by atoms with Crippen molar-refractivity contribution in [1.82, 2.24) is 0 Å². The minimum atomic E-state index is -0.0000261. The number of anilines is 6. The molecule has 0 bridgehead atoms. The number of benzene rings is 6. The Morgan fingerprint density at radius 3 is 1.02 bits per heavy atom. The van der Waals surface area contributed by atoms with Gasteiger partial charge in [0.05, 0.1) is 13.2 Å². The molecule has 6 aromatic carbocycles. The molecule has 0 aromatic heterocycles. The molecule has 0 unspecified atom stereocenters.